The Hall–Kier alpha value is -1.31. The van der Waals surface area contributed by atoms with Crippen molar-refractivity contribution in [3.8, 4) is 0 Å². The highest BCUT2D eigenvalue weighted by molar-refractivity contribution is 5.77. The highest BCUT2D eigenvalue weighted by atomic mass is 16.2. The molecule has 0 unspecified atom stereocenters. The van der Waals surface area contributed by atoms with Crippen molar-refractivity contribution in [3.63, 3.8) is 0 Å². The van der Waals surface area contributed by atoms with Crippen LogP contribution in [0.4, 0.5) is 0 Å². The first kappa shape index (κ1) is 18.7. The fourth-order valence-corrected chi connectivity index (χ4v) is 2.88. The van der Waals surface area contributed by atoms with Gasteiger partial charge in [0, 0.05) is 25.4 Å². The zero-order chi connectivity index (χ0) is 16.5. The minimum Gasteiger partial charge on any atom is -0.342 e. The first-order chi connectivity index (χ1) is 10.6. The van der Waals surface area contributed by atoms with E-state index in [4.69, 9.17) is 0 Å². The molecule has 0 radical (unpaired) electrons. The first-order valence-corrected chi connectivity index (χ1v) is 8.90. The Morgan fingerprint density at radius 2 is 1.73 bits per heavy atom. The predicted octanol–water partition coefficient (Wildman–Crippen LogP) is 5.10. The summed E-state index contributed by atoms with van der Waals surface area (Å²) >= 11 is 0. The molecular formula is C20H33NO. The van der Waals surface area contributed by atoms with Crippen LogP contribution in [0.2, 0.25) is 0 Å². The van der Waals surface area contributed by atoms with Gasteiger partial charge >= 0.3 is 0 Å². The van der Waals surface area contributed by atoms with E-state index in [1.165, 1.54) is 5.56 Å². The maximum atomic E-state index is 12.0. The standard InChI is InChI=1S/C18H27NO.C2H6/c1-14(2)8-7-11-18(20)19-12-17(13-19)15(3)16-9-5-4-6-10-16;1-2/h4-6,9-10,14-15,17H,7-8,11-13H2,1-3H3;1-2H3/t15-;/m1./s1. The number of carbonyl (C=O) groups is 1. The molecule has 0 spiro atoms. The molecule has 1 aromatic carbocycles. The molecule has 1 amide bonds. The molecule has 1 fully saturated rings. The molecular weight excluding hydrogens is 270 g/mol. The van der Waals surface area contributed by atoms with Gasteiger partial charge in [0.25, 0.3) is 0 Å². The Morgan fingerprint density at radius 3 is 2.27 bits per heavy atom. The van der Waals surface area contributed by atoms with Gasteiger partial charge in [-0.25, -0.2) is 0 Å². The van der Waals surface area contributed by atoms with Crippen LogP contribution in [-0.2, 0) is 4.79 Å². The quantitative estimate of drug-likeness (QED) is 0.716. The molecule has 22 heavy (non-hydrogen) atoms. The van der Waals surface area contributed by atoms with Gasteiger partial charge in [0.15, 0.2) is 0 Å². The molecule has 2 rings (SSSR count). The van der Waals surface area contributed by atoms with Crippen molar-refractivity contribution in [2.45, 2.75) is 59.8 Å². The van der Waals surface area contributed by atoms with E-state index in [2.05, 4.69) is 51.1 Å². The molecule has 1 aliphatic rings. The average Bonchev–Trinajstić information content (AvgIpc) is 2.48. The summed E-state index contributed by atoms with van der Waals surface area (Å²) in [5.74, 6) is 2.23. The third-order valence-corrected chi connectivity index (χ3v) is 4.47. The predicted molar refractivity (Wildman–Crippen MR) is 95.0 cm³/mol. The number of likely N-dealkylation sites (tertiary alicyclic amines) is 1. The molecule has 0 bridgehead atoms. The fraction of sp³-hybridized carbons (Fsp3) is 0.650. The lowest BCUT2D eigenvalue weighted by Gasteiger charge is -2.42. The van der Waals surface area contributed by atoms with E-state index in [0.29, 0.717) is 23.7 Å². The summed E-state index contributed by atoms with van der Waals surface area (Å²) in [5.41, 5.74) is 1.39. The molecule has 124 valence electrons. The van der Waals surface area contributed by atoms with Crippen molar-refractivity contribution in [1.82, 2.24) is 4.90 Å². The first-order valence-electron chi connectivity index (χ1n) is 8.90. The minimum atomic E-state index is 0.349. The SMILES string of the molecule is CC.CC(C)CCCC(=O)N1CC([C@H](C)c2ccccc2)C1. The van der Waals surface area contributed by atoms with Gasteiger partial charge in [-0.15, -0.1) is 0 Å². The van der Waals surface area contributed by atoms with Gasteiger partial charge in [-0.1, -0.05) is 71.4 Å². The highest BCUT2D eigenvalue weighted by Gasteiger charge is 2.34. The zero-order valence-corrected chi connectivity index (χ0v) is 15.0. The van der Waals surface area contributed by atoms with E-state index in [0.717, 1.165) is 32.4 Å². The van der Waals surface area contributed by atoms with Crippen molar-refractivity contribution in [2.75, 3.05) is 13.1 Å². The molecule has 0 aromatic heterocycles. The fourth-order valence-electron chi connectivity index (χ4n) is 2.88. The topological polar surface area (TPSA) is 20.3 Å². The van der Waals surface area contributed by atoms with Gasteiger partial charge in [-0.2, -0.15) is 0 Å². The molecule has 1 saturated heterocycles. The summed E-state index contributed by atoms with van der Waals surface area (Å²) in [6, 6.07) is 10.6. The minimum absolute atomic E-state index is 0.349. The summed E-state index contributed by atoms with van der Waals surface area (Å²) < 4.78 is 0. The summed E-state index contributed by atoms with van der Waals surface area (Å²) in [6.07, 6.45) is 2.92. The van der Waals surface area contributed by atoms with Gasteiger partial charge < -0.3 is 4.90 Å². The Morgan fingerprint density at radius 1 is 1.14 bits per heavy atom. The van der Waals surface area contributed by atoms with E-state index in [1.807, 2.05) is 18.7 Å². The second-order valence-corrected chi connectivity index (χ2v) is 6.54. The Balaban J connectivity index is 0.00000116. The summed E-state index contributed by atoms with van der Waals surface area (Å²) in [4.78, 5) is 14.1. The van der Waals surface area contributed by atoms with Crippen LogP contribution in [0.1, 0.15) is 65.4 Å². The zero-order valence-electron chi connectivity index (χ0n) is 15.0. The van der Waals surface area contributed by atoms with Crippen molar-refractivity contribution in [3.05, 3.63) is 35.9 Å². The summed E-state index contributed by atoms with van der Waals surface area (Å²) in [5, 5.41) is 0. The van der Waals surface area contributed by atoms with Crippen LogP contribution in [0.3, 0.4) is 0 Å². The van der Waals surface area contributed by atoms with Gasteiger partial charge in [0.1, 0.15) is 0 Å². The lowest BCUT2D eigenvalue weighted by molar-refractivity contribution is -0.138. The second kappa shape index (κ2) is 9.66. The summed E-state index contributed by atoms with van der Waals surface area (Å²) in [7, 11) is 0. The van der Waals surface area contributed by atoms with E-state index in [9.17, 15) is 4.79 Å². The highest BCUT2D eigenvalue weighted by Crippen LogP contribution is 2.31. The molecule has 1 atom stereocenters. The largest absolute Gasteiger partial charge is 0.342 e. The van der Waals surface area contributed by atoms with Crippen LogP contribution in [0, 0.1) is 11.8 Å². The number of rotatable bonds is 6. The van der Waals surface area contributed by atoms with Crippen LogP contribution < -0.4 is 0 Å². The maximum absolute atomic E-state index is 12.0. The van der Waals surface area contributed by atoms with Crippen LogP contribution in [0.5, 0.6) is 0 Å². The van der Waals surface area contributed by atoms with Crippen molar-refractivity contribution in [1.29, 1.82) is 0 Å². The average molecular weight is 303 g/mol. The number of hydrogen-bond donors (Lipinski definition) is 0. The van der Waals surface area contributed by atoms with E-state index in [-0.39, 0.29) is 0 Å². The maximum Gasteiger partial charge on any atom is 0.222 e. The number of carbonyl (C=O) groups excluding carboxylic acids is 1. The van der Waals surface area contributed by atoms with Crippen molar-refractivity contribution in [2.24, 2.45) is 11.8 Å². The molecule has 1 aliphatic heterocycles. The van der Waals surface area contributed by atoms with Crippen molar-refractivity contribution < 1.29 is 4.79 Å². The molecule has 2 heteroatoms. The van der Waals surface area contributed by atoms with Crippen LogP contribution in [-0.4, -0.2) is 23.9 Å². The smallest absolute Gasteiger partial charge is 0.222 e. The molecule has 0 N–H and O–H groups in total. The van der Waals surface area contributed by atoms with Gasteiger partial charge in [-0.3, -0.25) is 4.79 Å². The van der Waals surface area contributed by atoms with E-state index in [1.54, 1.807) is 0 Å². The van der Waals surface area contributed by atoms with Crippen LogP contribution >= 0.6 is 0 Å². The Bertz CT molecular complexity index is 421. The second-order valence-electron chi connectivity index (χ2n) is 6.54. The van der Waals surface area contributed by atoms with E-state index >= 15 is 0 Å². The number of hydrogen-bond acceptors (Lipinski definition) is 1. The third-order valence-electron chi connectivity index (χ3n) is 4.47. The van der Waals surface area contributed by atoms with Gasteiger partial charge in [-0.05, 0) is 23.8 Å². The normalized spacial score (nSPS) is 15.8. The van der Waals surface area contributed by atoms with E-state index < -0.39 is 0 Å². The Kier molecular flexibility index (Phi) is 8.22. The van der Waals surface area contributed by atoms with Crippen LogP contribution in [0.25, 0.3) is 0 Å². The molecule has 1 aromatic rings. The number of amides is 1. The third kappa shape index (κ3) is 5.47. The lowest BCUT2D eigenvalue weighted by atomic mass is 9.82. The molecule has 0 saturated carbocycles. The monoisotopic (exact) mass is 303 g/mol. The van der Waals surface area contributed by atoms with Crippen molar-refractivity contribution >= 4 is 5.91 Å². The van der Waals surface area contributed by atoms with Gasteiger partial charge in [0.05, 0.1) is 0 Å². The number of benzene rings is 1. The van der Waals surface area contributed by atoms with Crippen LogP contribution in [0.15, 0.2) is 30.3 Å². The number of nitrogens with zero attached hydrogens (tertiary/aromatic N) is 1. The lowest BCUT2D eigenvalue weighted by Crippen LogP contribution is -2.51. The summed E-state index contributed by atoms with van der Waals surface area (Å²) in [6.45, 7) is 12.6. The molecule has 1 heterocycles. The van der Waals surface area contributed by atoms with Gasteiger partial charge in [0.2, 0.25) is 5.91 Å². The molecule has 2 nitrogen and oxygen atoms in total. The molecule has 0 aliphatic carbocycles. The Labute approximate surface area is 136 Å².